The Kier molecular flexibility index (Phi) is 8.26. The summed E-state index contributed by atoms with van der Waals surface area (Å²) in [5, 5.41) is 0.796. The molecule has 1 heterocycles. The van der Waals surface area contributed by atoms with Crippen LogP contribution < -0.4 is 14.2 Å². The summed E-state index contributed by atoms with van der Waals surface area (Å²) in [6.07, 6.45) is 4.17. The lowest BCUT2D eigenvalue weighted by Gasteiger charge is -2.17. The van der Waals surface area contributed by atoms with Crippen LogP contribution in [0.4, 0.5) is 0 Å². The van der Waals surface area contributed by atoms with Crippen LogP contribution in [0.2, 0.25) is 0 Å². The largest absolute Gasteiger partial charge is 0.493 e. The lowest BCUT2D eigenvalue weighted by Crippen LogP contribution is -2.11. The molecule has 0 amide bonds. The van der Waals surface area contributed by atoms with Crippen molar-refractivity contribution in [3.05, 3.63) is 54.2 Å². The van der Waals surface area contributed by atoms with Gasteiger partial charge in [-0.1, -0.05) is 32.9 Å². The van der Waals surface area contributed by atoms with Gasteiger partial charge in [-0.2, -0.15) is 0 Å². The molecule has 6 heteroatoms. The van der Waals surface area contributed by atoms with E-state index in [-0.39, 0.29) is 29.8 Å². The number of hydrogen-bond acceptors (Lipinski definition) is 6. The highest BCUT2D eigenvalue weighted by atomic mass is 16.5. The first kappa shape index (κ1) is 25.2. The second-order valence-corrected chi connectivity index (χ2v) is 9.62. The summed E-state index contributed by atoms with van der Waals surface area (Å²) >= 11 is 0. The van der Waals surface area contributed by atoms with Gasteiger partial charge in [0.2, 0.25) is 0 Å². The number of aromatic nitrogens is 1. The summed E-state index contributed by atoms with van der Waals surface area (Å²) in [6, 6.07) is 12.8. The number of carbonyl (C=O) groups excluding carboxylic acids is 2. The molecule has 0 aliphatic carbocycles. The monoisotopic (exact) mass is 463 g/mol. The zero-order valence-electron chi connectivity index (χ0n) is 20.6. The van der Waals surface area contributed by atoms with E-state index >= 15 is 0 Å². The van der Waals surface area contributed by atoms with E-state index in [0.29, 0.717) is 29.4 Å². The summed E-state index contributed by atoms with van der Waals surface area (Å²) in [4.78, 5) is 28.8. The normalized spacial score (nSPS) is 11.3. The zero-order chi connectivity index (χ0) is 24.7. The van der Waals surface area contributed by atoms with E-state index in [1.54, 1.807) is 32.5 Å². The number of hydrogen-bond donors (Lipinski definition) is 0. The molecule has 0 saturated carbocycles. The first-order valence-electron chi connectivity index (χ1n) is 11.5. The predicted molar refractivity (Wildman–Crippen MR) is 133 cm³/mol. The van der Waals surface area contributed by atoms with E-state index in [1.807, 2.05) is 30.3 Å². The number of carbonyl (C=O) groups is 2. The maximum atomic E-state index is 12.3. The van der Waals surface area contributed by atoms with Crippen LogP contribution in [0.25, 0.3) is 10.9 Å². The fourth-order valence-corrected chi connectivity index (χ4v) is 3.75. The van der Waals surface area contributed by atoms with Crippen LogP contribution in [0, 0.1) is 5.41 Å². The fourth-order valence-electron chi connectivity index (χ4n) is 3.75. The van der Waals surface area contributed by atoms with Gasteiger partial charge in [0.1, 0.15) is 23.1 Å². The van der Waals surface area contributed by atoms with Gasteiger partial charge < -0.3 is 14.2 Å². The fraction of sp³-hybridized carbons (Fsp3) is 0.393. The molecule has 0 aliphatic rings. The number of methoxy groups -OCH3 is 2. The molecule has 0 atom stereocenters. The summed E-state index contributed by atoms with van der Waals surface area (Å²) < 4.78 is 16.8. The molecule has 34 heavy (non-hydrogen) atoms. The van der Waals surface area contributed by atoms with Crippen LogP contribution >= 0.6 is 0 Å². The van der Waals surface area contributed by atoms with Crippen LogP contribution in [-0.2, 0) is 16.0 Å². The molecule has 3 aromatic rings. The van der Waals surface area contributed by atoms with E-state index in [2.05, 4.69) is 25.8 Å². The standard InChI is InChI=1S/C28H33NO5/c1-28(2,3)13-6-7-20(30)16-21(31)15-19-8-10-22(11-9-19)34-25-12-14-29-24-18-27(33-5)26(32-4)17-23(24)25/h8-12,14,17-18H,6-7,13,15-16H2,1-5H3. The van der Waals surface area contributed by atoms with Crippen molar-refractivity contribution in [1.29, 1.82) is 0 Å². The molecule has 0 bridgehead atoms. The van der Waals surface area contributed by atoms with Crippen molar-refractivity contribution in [3.63, 3.8) is 0 Å². The first-order chi connectivity index (χ1) is 16.2. The summed E-state index contributed by atoms with van der Waals surface area (Å²) in [7, 11) is 3.17. The highest BCUT2D eigenvalue weighted by Gasteiger charge is 2.15. The minimum absolute atomic E-state index is 0.00328. The van der Waals surface area contributed by atoms with Crippen molar-refractivity contribution in [2.24, 2.45) is 5.41 Å². The van der Waals surface area contributed by atoms with Crippen molar-refractivity contribution < 1.29 is 23.8 Å². The lowest BCUT2D eigenvalue weighted by molar-refractivity contribution is -0.126. The summed E-state index contributed by atoms with van der Waals surface area (Å²) in [5.41, 5.74) is 1.78. The molecular formula is C28H33NO5. The number of ether oxygens (including phenoxy) is 3. The third kappa shape index (κ3) is 7.04. The molecule has 2 aromatic carbocycles. The van der Waals surface area contributed by atoms with E-state index in [9.17, 15) is 9.59 Å². The van der Waals surface area contributed by atoms with E-state index in [0.717, 1.165) is 29.3 Å². The maximum Gasteiger partial charge on any atom is 0.162 e. The molecular weight excluding hydrogens is 430 g/mol. The second-order valence-electron chi connectivity index (χ2n) is 9.62. The molecule has 0 aliphatic heterocycles. The molecule has 0 fully saturated rings. The number of Topliss-reactive ketones (excluding diaryl/α,β-unsaturated/α-hetero) is 2. The van der Waals surface area contributed by atoms with Crippen molar-refractivity contribution in [2.45, 2.75) is 52.9 Å². The Bertz CT molecular complexity index is 1150. The number of nitrogens with zero attached hydrogens (tertiary/aromatic N) is 1. The van der Waals surface area contributed by atoms with Gasteiger partial charge in [-0.05, 0) is 48.1 Å². The minimum Gasteiger partial charge on any atom is -0.493 e. The smallest absolute Gasteiger partial charge is 0.162 e. The molecule has 1 aromatic heterocycles. The predicted octanol–water partition coefficient (Wildman–Crippen LogP) is 6.33. The van der Waals surface area contributed by atoms with Crippen LogP contribution in [-0.4, -0.2) is 30.8 Å². The van der Waals surface area contributed by atoms with Gasteiger partial charge in [0.25, 0.3) is 0 Å². The zero-order valence-corrected chi connectivity index (χ0v) is 20.6. The van der Waals surface area contributed by atoms with Crippen LogP contribution in [0.15, 0.2) is 48.7 Å². The molecule has 0 saturated heterocycles. The highest BCUT2D eigenvalue weighted by Crippen LogP contribution is 2.36. The molecule has 0 spiro atoms. The van der Waals surface area contributed by atoms with Gasteiger partial charge >= 0.3 is 0 Å². The first-order valence-corrected chi connectivity index (χ1v) is 11.5. The van der Waals surface area contributed by atoms with E-state index < -0.39 is 0 Å². The Balaban J connectivity index is 1.61. The molecule has 3 rings (SSSR count). The summed E-state index contributed by atoms with van der Waals surface area (Å²) in [6.45, 7) is 6.46. The van der Waals surface area contributed by atoms with Gasteiger partial charge in [-0.3, -0.25) is 14.6 Å². The second kappa shape index (κ2) is 11.1. The van der Waals surface area contributed by atoms with Gasteiger partial charge in [0, 0.05) is 30.5 Å². The van der Waals surface area contributed by atoms with Crippen molar-refractivity contribution in [3.8, 4) is 23.0 Å². The Morgan fingerprint density at radius 2 is 1.56 bits per heavy atom. The number of fused-ring (bicyclic) bond motifs is 1. The molecule has 0 N–H and O–H groups in total. The molecule has 180 valence electrons. The average molecular weight is 464 g/mol. The van der Waals surface area contributed by atoms with Gasteiger partial charge in [-0.25, -0.2) is 0 Å². The quantitative estimate of drug-likeness (QED) is 0.309. The van der Waals surface area contributed by atoms with Crippen molar-refractivity contribution in [2.75, 3.05) is 14.2 Å². The Morgan fingerprint density at radius 3 is 2.21 bits per heavy atom. The third-order valence-electron chi connectivity index (χ3n) is 5.54. The number of rotatable bonds is 11. The average Bonchev–Trinajstić information content (AvgIpc) is 2.78. The highest BCUT2D eigenvalue weighted by molar-refractivity contribution is 5.99. The van der Waals surface area contributed by atoms with Gasteiger partial charge in [-0.15, -0.1) is 0 Å². The van der Waals surface area contributed by atoms with Crippen LogP contribution in [0.5, 0.6) is 23.0 Å². The third-order valence-corrected chi connectivity index (χ3v) is 5.54. The van der Waals surface area contributed by atoms with Gasteiger partial charge in [0.05, 0.1) is 26.2 Å². The Hall–Kier alpha value is -3.41. The summed E-state index contributed by atoms with van der Waals surface area (Å²) in [5.74, 6) is 2.42. The van der Waals surface area contributed by atoms with E-state index in [4.69, 9.17) is 14.2 Å². The van der Waals surface area contributed by atoms with Crippen molar-refractivity contribution >= 4 is 22.5 Å². The molecule has 6 nitrogen and oxygen atoms in total. The Morgan fingerprint density at radius 1 is 0.882 bits per heavy atom. The van der Waals surface area contributed by atoms with Crippen LogP contribution in [0.1, 0.15) is 52.0 Å². The minimum atomic E-state index is -0.0596. The number of benzene rings is 2. The van der Waals surface area contributed by atoms with E-state index in [1.165, 1.54) is 0 Å². The van der Waals surface area contributed by atoms with Crippen LogP contribution in [0.3, 0.4) is 0 Å². The SMILES string of the molecule is COc1cc2nccc(Oc3ccc(CC(=O)CC(=O)CCCC(C)(C)C)cc3)c2cc1OC. The lowest BCUT2D eigenvalue weighted by atomic mass is 9.89. The van der Waals surface area contributed by atoms with Crippen molar-refractivity contribution in [1.82, 2.24) is 4.98 Å². The maximum absolute atomic E-state index is 12.3. The Labute approximate surface area is 201 Å². The number of ketones is 2. The molecule has 0 unspecified atom stereocenters. The topological polar surface area (TPSA) is 74.7 Å². The molecule has 0 radical (unpaired) electrons. The van der Waals surface area contributed by atoms with Gasteiger partial charge in [0.15, 0.2) is 11.5 Å². The number of pyridine rings is 1.